The van der Waals surface area contributed by atoms with E-state index in [-0.39, 0.29) is 0 Å². The summed E-state index contributed by atoms with van der Waals surface area (Å²) in [5, 5.41) is 1.85. The summed E-state index contributed by atoms with van der Waals surface area (Å²) in [6, 6.07) is 7.94. The summed E-state index contributed by atoms with van der Waals surface area (Å²) in [6.07, 6.45) is 0.998. The van der Waals surface area contributed by atoms with Crippen molar-refractivity contribution in [1.82, 2.24) is 9.97 Å². The molecule has 0 fully saturated rings. The van der Waals surface area contributed by atoms with E-state index in [1.54, 1.807) is 7.11 Å². The van der Waals surface area contributed by atoms with Crippen molar-refractivity contribution in [3.8, 4) is 11.5 Å². The third-order valence-electron chi connectivity index (χ3n) is 4.69. The monoisotopic (exact) mass is 428 g/mol. The van der Waals surface area contributed by atoms with E-state index in [0.29, 0.717) is 39.6 Å². The second-order valence-electron chi connectivity index (χ2n) is 7.30. The molecule has 7 heteroatoms. The van der Waals surface area contributed by atoms with E-state index >= 15 is 0 Å². The molecule has 3 rings (SSSR count). The highest BCUT2D eigenvalue weighted by atomic mass is 16.5. The molecular weight excluding hydrogens is 396 g/mol. The second-order valence-corrected chi connectivity index (χ2v) is 7.30. The van der Waals surface area contributed by atoms with Gasteiger partial charge in [0.15, 0.2) is 0 Å². The van der Waals surface area contributed by atoms with Gasteiger partial charge in [0.2, 0.25) is 0 Å². The zero-order valence-electron chi connectivity index (χ0n) is 18.9. The van der Waals surface area contributed by atoms with Crippen molar-refractivity contribution in [1.29, 1.82) is 0 Å². The number of ether oxygens (including phenoxy) is 5. The van der Waals surface area contributed by atoms with Gasteiger partial charge in [0.1, 0.15) is 35.7 Å². The van der Waals surface area contributed by atoms with Gasteiger partial charge in [-0.25, -0.2) is 0 Å². The lowest BCUT2D eigenvalue weighted by atomic mass is 10.1. The molecule has 168 valence electrons. The van der Waals surface area contributed by atoms with Crippen molar-refractivity contribution in [3.63, 3.8) is 0 Å². The molecule has 31 heavy (non-hydrogen) atoms. The summed E-state index contributed by atoms with van der Waals surface area (Å²) >= 11 is 0. The van der Waals surface area contributed by atoms with Crippen LogP contribution in [0.5, 0.6) is 11.5 Å². The maximum atomic E-state index is 6.02. The van der Waals surface area contributed by atoms with Crippen LogP contribution in [0.4, 0.5) is 0 Å². The number of hydrogen-bond donors (Lipinski definition) is 0. The number of aromatic nitrogens is 2. The average Bonchev–Trinajstić information content (AvgIpc) is 2.75. The van der Waals surface area contributed by atoms with Crippen molar-refractivity contribution in [2.24, 2.45) is 0 Å². The predicted octanol–water partition coefficient (Wildman–Crippen LogP) is 4.25. The summed E-state index contributed by atoms with van der Waals surface area (Å²) in [4.78, 5) is 9.53. The SMILES string of the molecule is CCCOCCOc1cc(C)nc2c1ccc1c(OCCOCCOC)cc(C)nc12. The number of hydrogen-bond acceptors (Lipinski definition) is 7. The smallest absolute Gasteiger partial charge is 0.130 e. The Morgan fingerprint density at radius 2 is 1.16 bits per heavy atom. The maximum absolute atomic E-state index is 6.02. The summed E-state index contributed by atoms with van der Waals surface area (Å²) in [7, 11) is 1.66. The number of rotatable bonds is 13. The first kappa shape index (κ1) is 23.2. The standard InChI is InChI=1S/C24H32N2O5/c1-5-8-28-11-13-30-21-15-17(2)25-23-19(21)6-7-20-22(16-18(3)26-24(20)23)31-14-12-29-10-9-27-4/h6-7,15-16H,5,8-14H2,1-4H3. The third-order valence-corrected chi connectivity index (χ3v) is 4.69. The number of pyridine rings is 2. The number of benzene rings is 1. The molecule has 0 radical (unpaired) electrons. The van der Waals surface area contributed by atoms with Crippen LogP contribution in [0, 0.1) is 13.8 Å². The van der Waals surface area contributed by atoms with Crippen molar-refractivity contribution < 1.29 is 23.7 Å². The number of methoxy groups -OCH3 is 1. The Morgan fingerprint density at radius 3 is 1.65 bits per heavy atom. The minimum atomic E-state index is 0.452. The van der Waals surface area contributed by atoms with Crippen LogP contribution in [-0.2, 0) is 14.2 Å². The molecule has 0 spiro atoms. The summed E-state index contributed by atoms with van der Waals surface area (Å²) in [5.41, 5.74) is 3.37. The molecule has 1 aromatic carbocycles. The molecule has 7 nitrogen and oxygen atoms in total. The lowest BCUT2D eigenvalue weighted by molar-refractivity contribution is 0.0546. The fraction of sp³-hybridized carbons (Fsp3) is 0.500. The molecule has 0 saturated carbocycles. The second kappa shape index (κ2) is 11.8. The summed E-state index contributed by atoms with van der Waals surface area (Å²) in [6.45, 7) is 9.88. The van der Waals surface area contributed by atoms with Crippen molar-refractivity contribution >= 4 is 21.8 Å². The summed E-state index contributed by atoms with van der Waals surface area (Å²) < 4.78 is 28.0. The van der Waals surface area contributed by atoms with Crippen LogP contribution in [0.3, 0.4) is 0 Å². The first-order valence-corrected chi connectivity index (χ1v) is 10.8. The van der Waals surface area contributed by atoms with E-state index in [1.165, 1.54) is 0 Å². The topological polar surface area (TPSA) is 71.9 Å². The van der Waals surface area contributed by atoms with Crippen LogP contribution in [0.15, 0.2) is 24.3 Å². The molecule has 3 aromatic rings. The Hall–Kier alpha value is -2.48. The van der Waals surface area contributed by atoms with Crippen LogP contribution in [0.1, 0.15) is 24.7 Å². The molecule has 2 heterocycles. The van der Waals surface area contributed by atoms with Crippen molar-refractivity contribution in [2.75, 3.05) is 53.4 Å². The molecule has 0 bridgehead atoms. The lowest BCUT2D eigenvalue weighted by Crippen LogP contribution is -2.10. The van der Waals surface area contributed by atoms with E-state index in [2.05, 4.69) is 6.92 Å². The number of aryl methyl sites for hydroxylation is 2. The Kier molecular flexibility index (Phi) is 8.82. The first-order chi connectivity index (χ1) is 15.1. The Labute approximate surface area is 183 Å². The molecule has 0 aliphatic heterocycles. The molecule has 0 unspecified atom stereocenters. The minimum absolute atomic E-state index is 0.452. The highest BCUT2D eigenvalue weighted by Gasteiger charge is 2.14. The van der Waals surface area contributed by atoms with Gasteiger partial charge in [0.05, 0.1) is 26.4 Å². The van der Waals surface area contributed by atoms with Crippen LogP contribution in [0.2, 0.25) is 0 Å². The van der Waals surface area contributed by atoms with Gasteiger partial charge in [-0.3, -0.25) is 9.97 Å². The van der Waals surface area contributed by atoms with Crippen molar-refractivity contribution in [3.05, 3.63) is 35.7 Å². The molecule has 0 saturated heterocycles. The molecule has 0 aliphatic carbocycles. The third kappa shape index (κ3) is 6.26. The molecular formula is C24H32N2O5. The van der Waals surface area contributed by atoms with Gasteiger partial charge in [-0.1, -0.05) is 6.92 Å². The maximum Gasteiger partial charge on any atom is 0.130 e. The van der Waals surface area contributed by atoms with Gasteiger partial charge < -0.3 is 23.7 Å². The zero-order valence-corrected chi connectivity index (χ0v) is 18.9. The average molecular weight is 429 g/mol. The molecule has 0 amide bonds. The van der Waals surface area contributed by atoms with E-state index in [1.807, 2.05) is 38.1 Å². The van der Waals surface area contributed by atoms with Gasteiger partial charge in [-0.2, -0.15) is 0 Å². The fourth-order valence-corrected chi connectivity index (χ4v) is 3.31. The van der Waals surface area contributed by atoms with Crippen LogP contribution >= 0.6 is 0 Å². The van der Waals surface area contributed by atoms with Crippen molar-refractivity contribution in [2.45, 2.75) is 27.2 Å². The highest BCUT2D eigenvalue weighted by molar-refractivity contribution is 6.07. The van der Waals surface area contributed by atoms with Gasteiger partial charge in [0, 0.05) is 48.0 Å². The highest BCUT2D eigenvalue weighted by Crippen LogP contribution is 2.34. The first-order valence-electron chi connectivity index (χ1n) is 10.8. The summed E-state index contributed by atoms with van der Waals surface area (Å²) in [5.74, 6) is 1.57. The van der Waals surface area contributed by atoms with Crippen LogP contribution < -0.4 is 9.47 Å². The van der Waals surface area contributed by atoms with Gasteiger partial charge >= 0.3 is 0 Å². The molecule has 0 atom stereocenters. The predicted molar refractivity (Wildman–Crippen MR) is 121 cm³/mol. The van der Waals surface area contributed by atoms with Gasteiger partial charge in [-0.15, -0.1) is 0 Å². The van der Waals surface area contributed by atoms with E-state index < -0.39 is 0 Å². The Balaban J connectivity index is 1.84. The zero-order chi connectivity index (χ0) is 22.1. The van der Waals surface area contributed by atoms with Gasteiger partial charge in [0.25, 0.3) is 0 Å². The van der Waals surface area contributed by atoms with E-state index in [0.717, 1.165) is 57.7 Å². The Morgan fingerprint density at radius 1 is 0.677 bits per heavy atom. The largest absolute Gasteiger partial charge is 0.490 e. The quantitative estimate of drug-likeness (QED) is 0.298. The molecule has 0 aliphatic rings. The number of nitrogens with zero attached hydrogens (tertiary/aromatic N) is 2. The number of fused-ring (bicyclic) bond motifs is 3. The van der Waals surface area contributed by atoms with Gasteiger partial charge in [-0.05, 0) is 32.4 Å². The van der Waals surface area contributed by atoms with E-state index in [4.69, 9.17) is 33.7 Å². The normalized spacial score (nSPS) is 11.4. The Bertz CT molecular complexity index is 993. The molecule has 2 aromatic heterocycles. The van der Waals surface area contributed by atoms with Crippen LogP contribution in [-0.4, -0.2) is 63.3 Å². The molecule has 0 N–H and O–H groups in total. The van der Waals surface area contributed by atoms with Crippen LogP contribution in [0.25, 0.3) is 21.8 Å². The minimum Gasteiger partial charge on any atom is -0.490 e. The lowest BCUT2D eigenvalue weighted by Gasteiger charge is -2.14. The fourth-order valence-electron chi connectivity index (χ4n) is 3.31. The van der Waals surface area contributed by atoms with E-state index in [9.17, 15) is 0 Å².